The maximum atomic E-state index is 10.2. The van der Waals surface area contributed by atoms with Crippen LogP contribution in [0.5, 0.6) is 0 Å². The van der Waals surface area contributed by atoms with E-state index >= 15 is 0 Å². The Morgan fingerprint density at radius 2 is 2.18 bits per heavy atom. The first-order valence-electron chi connectivity index (χ1n) is 6.06. The third-order valence-electron chi connectivity index (χ3n) is 3.27. The van der Waals surface area contributed by atoms with Crippen molar-refractivity contribution in [2.24, 2.45) is 0 Å². The number of hydrogen-bond donors (Lipinski definition) is 1. The van der Waals surface area contributed by atoms with Gasteiger partial charge in [-0.1, -0.05) is 6.42 Å². The minimum atomic E-state index is -0.390. The van der Waals surface area contributed by atoms with Gasteiger partial charge in [-0.3, -0.25) is 0 Å². The molecule has 1 aliphatic rings. The molecular weight excluding hydrogens is 232 g/mol. The second-order valence-electron chi connectivity index (χ2n) is 4.70. The molecule has 1 N–H and O–H groups in total. The number of hydrogen-bond acceptors (Lipinski definition) is 4. The summed E-state index contributed by atoms with van der Waals surface area (Å²) in [5.41, 5.74) is 3.34. The molecule has 0 aromatic carbocycles. The lowest BCUT2D eigenvalue weighted by atomic mass is 10.1. The van der Waals surface area contributed by atoms with E-state index in [9.17, 15) is 5.11 Å². The van der Waals surface area contributed by atoms with Crippen LogP contribution in [0.4, 0.5) is 5.69 Å². The summed E-state index contributed by atoms with van der Waals surface area (Å²) in [6, 6.07) is 2.13. The largest absolute Gasteiger partial charge is 0.387 e. The van der Waals surface area contributed by atoms with Crippen molar-refractivity contribution in [1.82, 2.24) is 4.98 Å². The zero-order valence-corrected chi connectivity index (χ0v) is 11.5. The topological polar surface area (TPSA) is 36.4 Å². The second kappa shape index (κ2) is 5.27. The number of nitrogens with zero attached hydrogens (tertiary/aromatic N) is 2. The summed E-state index contributed by atoms with van der Waals surface area (Å²) in [7, 11) is 4.11. The highest BCUT2D eigenvalue weighted by Crippen LogP contribution is 2.35. The molecule has 1 heterocycles. The van der Waals surface area contributed by atoms with E-state index in [0.717, 1.165) is 36.4 Å². The lowest BCUT2D eigenvalue weighted by Crippen LogP contribution is -2.15. The number of pyridine rings is 1. The molecule has 0 amide bonds. The number of aliphatic hydroxyl groups is 1. The van der Waals surface area contributed by atoms with Gasteiger partial charge in [0.1, 0.15) is 0 Å². The number of aliphatic hydroxyl groups excluding tert-OH is 1. The quantitative estimate of drug-likeness (QED) is 0.648. The van der Waals surface area contributed by atoms with E-state index in [4.69, 9.17) is 0 Å². The molecule has 1 aromatic rings. The van der Waals surface area contributed by atoms with E-state index in [2.05, 4.69) is 30.0 Å². The summed E-state index contributed by atoms with van der Waals surface area (Å²) >= 11 is 1.63. The minimum Gasteiger partial charge on any atom is -0.387 e. The first-order chi connectivity index (χ1) is 8.13. The van der Waals surface area contributed by atoms with Crippen molar-refractivity contribution in [2.75, 3.05) is 25.3 Å². The molecule has 1 unspecified atom stereocenters. The molecule has 3 nitrogen and oxygen atoms in total. The molecule has 0 saturated heterocycles. The SMILES string of the molecule is CSc1cc(N(C)C)c2c(n1)C(O)CCCC2. The third kappa shape index (κ3) is 2.58. The van der Waals surface area contributed by atoms with Gasteiger partial charge in [-0.05, 0) is 37.1 Å². The van der Waals surface area contributed by atoms with Gasteiger partial charge in [0.05, 0.1) is 16.8 Å². The highest BCUT2D eigenvalue weighted by atomic mass is 32.2. The fourth-order valence-corrected chi connectivity index (χ4v) is 2.78. The molecule has 2 rings (SSSR count). The number of fused-ring (bicyclic) bond motifs is 1. The Balaban J connectivity index is 2.56. The molecule has 1 aliphatic carbocycles. The highest BCUT2D eigenvalue weighted by molar-refractivity contribution is 7.98. The van der Waals surface area contributed by atoms with Gasteiger partial charge in [-0.2, -0.15) is 0 Å². The van der Waals surface area contributed by atoms with Crippen LogP contribution < -0.4 is 4.90 Å². The summed E-state index contributed by atoms with van der Waals surface area (Å²) < 4.78 is 0. The molecule has 0 bridgehead atoms. The second-order valence-corrected chi connectivity index (χ2v) is 5.53. The molecule has 0 radical (unpaired) electrons. The fraction of sp³-hybridized carbons (Fsp3) is 0.615. The zero-order chi connectivity index (χ0) is 12.4. The normalized spacial score (nSPS) is 19.6. The molecule has 1 aromatic heterocycles. The molecule has 94 valence electrons. The molecule has 0 aliphatic heterocycles. The Labute approximate surface area is 107 Å². The maximum Gasteiger partial charge on any atom is 0.0982 e. The average molecular weight is 252 g/mol. The van der Waals surface area contributed by atoms with Crippen molar-refractivity contribution in [2.45, 2.75) is 36.8 Å². The van der Waals surface area contributed by atoms with E-state index in [-0.39, 0.29) is 0 Å². The number of aromatic nitrogens is 1. The van der Waals surface area contributed by atoms with E-state index in [0.29, 0.717) is 0 Å². The molecule has 0 fully saturated rings. The van der Waals surface area contributed by atoms with Crippen LogP contribution in [0.1, 0.15) is 36.6 Å². The Hall–Kier alpha value is -0.740. The van der Waals surface area contributed by atoms with Crippen molar-refractivity contribution in [3.05, 3.63) is 17.3 Å². The number of rotatable bonds is 2. The molecule has 0 spiro atoms. The van der Waals surface area contributed by atoms with Crippen molar-refractivity contribution < 1.29 is 5.11 Å². The van der Waals surface area contributed by atoms with Crippen LogP contribution in [0.15, 0.2) is 11.1 Å². The fourth-order valence-electron chi connectivity index (χ4n) is 2.37. The van der Waals surface area contributed by atoms with Crippen LogP contribution >= 0.6 is 11.8 Å². The summed E-state index contributed by atoms with van der Waals surface area (Å²) in [6.45, 7) is 0. The van der Waals surface area contributed by atoms with E-state index < -0.39 is 6.10 Å². The van der Waals surface area contributed by atoms with Crippen molar-refractivity contribution >= 4 is 17.4 Å². The molecule has 17 heavy (non-hydrogen) atoms. The summed E-state index contributed by atoms with van der Waals surface area (Å²) in [4.78, 5) is 6.73. The Morgan fingerprint density at radius 1 is 1.41 bits per heavy atom. The van der Waals surface area contributed by atoms with Gasteiger partial charge >= 0.3 is 0 Å². The van der Waals surface area contributed by atoms with Crippen molar-refractivity contribution in [1.29, 1.82) is 0 Å². The van der Waals surface area contributed by atoms with Crippen LogP contribution in [0.3, 0.4) is 0 Å². The standard InChI is InChI=1S/C13H20N2OS/c1-15(2)10-8-12(17-3)14-13-9(10)6-4-5-7-11(13)16/h8,11,16H,4-7H2,1-3H3. The van der Waals surface area contributed by atoms with Gasteiger partial charge in [-0.25, -0.2) is 4.98 Å². The Bertz CT molecular complexity index is 407. The molecule has 0 saturated carbocycles. The smallest absolute Gasteiger partial charge is 0.0982 e. The van der Waals surface area contributed by atoms with Crippen LogP contribution in [-0.4, -0.2) is 30.4 Å². The van der Waals surface area contributed by atoms with Crippen molar-refractivity contribution in [3.8, 4) is 0 Å². The first-order valence-corrected chi connectivity index (χ1v) is 7.29. The van der Waals surface area contributed by atoms with Gasteiger partial charge in [0.25, 0.3) is 0 Å². The lowest BCUT2D eigenvalue weighted by molar-refractivity contribution is 0.161. The molecule has 1 atom stereocenters. The highest BCUT2D eigenvalue weighted by Gasteiger charge is 2.22. The van der Waals surface area contributed by atoms with Crippen LogP contribution in [0, 0.1) is 0 Å². The number of anilines is 1. The predicted octanol–water partition coefficient (Wildman–Crippen LogP) is 2.63. The third-order valence-corrected chi connectivity index (χ3v) is 3.90. The van der Waals surface area contributed by atoms with Crippen LogP contribution in [0.2, 0.25) is 0 Å². The predicted molar refractivity (Wildman–Crippen MR) is 72.9 cm³/mol. The average Bonchev–Trinajstić information content (AvgIpc) is 2.50. The zero-order valence-electron chi connectivity index (χ0n) is 10.7. The van der Waals surface area contributed by atoms with Crippen LogP contribution in [0.25, 0.3) is 0 Å². The summed E-state index contributed by atoms with van der Waals surface area (Å²) in [5, 5.41) is 11.2. The van der Waals surface area contributed by atoms with E-state index in [1.807, 2.05) is 6.26 Å². The Kier molecular flexibility index (Phi) is 3.94. The number of thioether (sulfide) groups is 1. The van der Waals surface area contributed by atoms with E-state index in [1.54, 1.807) is 11.8 Å². The summed E-state index contributed by atoms with van der Waals surface area (Å²) in [6.07, 6.45) is 5.73. The lowest BCUT2D eigenvalue weighted by Gasteiger charge is -2.21. The van der Waals surface area contributed by atoms with E-state index in [1.165, 1.54) is 11.3 Å². The van der Waals surface area contributed by atoms with Crippen molar-refractivity contribution in [3.63, 3.8) is 0 Å². The van der Waals surface area contributed by atoms with Gasteiger partial charge in [0.15, 0.2) is 0 Å². The monoisotopic (exact) mass is 252 g/mol. The molecular formula is C13H20N2OS. The van der Waals surface area contributed by atoms with Gasteiger partial charge in [-0.15, -0.1) is 11.8 Å². The van der Waals surface area contributed by atoms with Gasteiger partial charge < -0.3 is 10.0 Å². The Morgan fingerprint density at radius 3 is 2.82 bits per heavy atom. The van der Waals surface area contributed by atoms with Crippen LogP contribution in [-0.2, 0) is 6.42 Å². The summed E-state index contributed by atoms with van der Waals surface area (Å²) in [5.74, 6) is 0. The minimum absolute atomic E-state index is 0.390. The maximum absolute atomic E-state index is 10.2. The first kappa shape index (κ1) is 12.7. The van der Waals surface area contributed by atoms with Gasteiger partial charge in [0.2, 0.25) is 0 Å². The van der Waals surface area contributed by atoms with Gasteiger partial charge in [0, 0.05) is 19.8 Å². The molecule has 4 heteroatoms.